The lowest BCUT2D eigenvalue weighted by Crippen LogP contribution is -2.51. The highest BCUT2D eigenvalue weighted by Gasteiger charge is 2.41. The summed E-state index contributed by atoms with van der Waals surface area (Å²) >= 11 is 0. The zero-order valence-electron chi connectivity index (χ0n) is 18.4. The molecule has 0 spiro atoms. The molecule has 0 saturated heterocycles. The number of rotatable bonds is 9. The fourth-order valence-corrected chi connectivity index (χ4v) is 4.20. The zero-order valence-corrected chi connectivity index (χ0v) is 18.4. The number of carbonyl (C=O) groups excluding carboxylic acids is 2. The molecule has 1 saturated carbocycles. The van der Waals surface area contributed by atoms with Gasteiger partial charge >= 0.3 is 5.97 Å². The van der Waals surface area contributed by atoms with Crippen molar-refractivity contribution in [2.75, 3.05) is 19.6 Å². The van der Waals surface area contributed by atoms with E-state index < -0.39 is 5.97 Å². The number of hydrogen-bond acceptors (Lipinski definition) is 6. The van der Waals surface area contributed by atoms with Crippen LogP contribution < -0.4 is 0 Å². The molecule has 0 radical (unpaired) electrons. The third-order valence-electron chi connectivity index (χ3n) is 5.41. The summed E-state index contributed by atoms with van der Waals surface area (Å²) in [4.78, 5) is 33.8. The Hall–Kier alpha value is -2.72. The molecule has 2 atom stereocenters. The maximum Gasteiger partial charge on any atom is 0.331 e. The Morgan fingerprint density at radius 2 is 1.77 bits per heavy atom. The summed E-state index contributed by atoms with van der Waals surface area (Å²) < 4.78 is 0. The van der Waals surface area contributed by atoms with Crippen molar-refractivity contribution in [2.45, 2.75) is 65.5 Å². The van der Waals surface area contributed by atoms with Crippen LogP contribution in [0.25, 0.3) is 0 Å². The van der Waals surface area contributed by atoms with Gasteiger partial charge in [-0.05, 0) is 45.0 Å². The van der Waals surface area contributed by atoms with Gasteiger partial charge in [0.15, 0.2) is 0 Å². The summed E-state index contributed by atoms with van der Waals surface area (Å²) in [5, 5.41) is 13.5. The number of hydrogen-bond donors (Lipinski definition) is 0. The normalized spacial score (nSPS) is 19.7. The topological polar surface area (TPSA) is 86.0 Å². The van der Waals surface area contributed by atoms with Crippen molar-refractivity contribution in [2.24, 2.45) is 5.16 Å². The lowest BCUT2D eigenvalue weighted by Gasteiger charge is -2.38. The molecule has 0 N–H and O–H groups in total. The van der Waals surface area contributed by atoms with Crippen LogP contribution in [0.1, 0.15) is 69.3 Å². The van der Waals surface area contributed by atoms with Gasteiger partial charge in [0, 0.05) is 32.4 Å². The van der Waals surface area contributed by atoms with Crippen LogP contribution in [0, 0.1) is 11.3 Å². The number of nitriles is 1. The van der Waals surface area contributed by atoms with Gasteiger partial charge in [-0.1, -0.05) is 31.1 Å². The van der Waals surface area contributed by atoms with Crippen molar-refractivity contribution >= 4 is 17.6 Å². The lowest BCUT2D eigenvalue weighted by atomic mass is 10.0. The molecular weight excluding hydrogens is 380 g/mol. The Kier molecular flexibility index (Phi) is 9.00. The Bertz CT molecular complexity index is 809. The molecule has 2 unspecified atom stereocenters. The molecular formula is C23H32N4O3. The summed E-state index contributed by atoms with van der Waals surface area (Å²) in [5.74, 6) is -0.598. The standard InChI is InChI=1S/C23H32N4O3/c1-5-12-26(13-6-2)21-14-19(25-30-17(4)28)15-22(21)27(7-3)23(29)20-11-9-8-10-18(20)16-24/h8-11,21-22H,5-7,12-15H2,1-4H3/b25-19-. The molecule has 1 aromatic rings. The number of nitrogens with zero attached hydrogens (tertiary/aromatic N) is 4. The second kappa shape index (κ2) is 11.5. The molecule has 1 aliphatic rings. The second-order valence-electron chi connectivity index (χ2n) is 7.57. The van der Waals surface area contributed by atoms with Crippen molar-refractivity contribution in [1.82, 2.24) is 9.80 Å². The molecule has 1 aliphatic carbocycles. The average molecular weight is 413 g/mol. The van der Waals surface area contributed by atoms with E-state index in [-0.39, 0.29) is 18.0 Å². The number of oxime groups is 1. The van der Waals surface area contributed by atoms with E-state index >= 15 is 0 Å². The molecule has 0 aromatic heterocycles. The van der Waals surface area contributed by atoms with Crippen molar-refractivity contribution in [3.05, 3.63) is 35.4 Å². The largest absolute Gasteiger partial charge is 0.334 e. The van der Waals surface area contributed by atoms with Crippen LogP contribution in [0.4, 0.5) is 0 Å². The highest BCUT2D eigenvalue weighted by molar-refractivity contribution is 5.98. The molecule has 2 rings (SSSR count). The minimum atomic E-state index is -0.451. The fourth-order valence-electron chi connectivity index (χ4n) is 4.20. The Balaban J connectivity index is 2.39. The molecule has 1 aromatic carbocycles. The van der Waals surface area contributed by atoms with E-state index in [0.29, 0.717) is 30.5 Å². The van der Waals surface area contributed by atoms with Gasteiger partial charge in [0.05, 0.1) is 28.9 Å². The van der Waals surface area contributed by atoms with Crippen LogP contribution in [0.3, 0.4) is 0 Å². The van der Waals surface area contributed by atoms with Crippen LogP contribution in [0.15, 0.2) is 29.4 Å². The molecule has 0 bridgehead atoms. The zero-order chi connectivity index (χ0) is 22.1. The SMILES string of the molecule is CCCN(CCC)C1C/C(=N/OC(C)=O)CC1N(CC)C(=O)c1ccccc1C#N. The van der Waals surface area contributed by atoms with E-state index in [2.05, 4.69) is 30.0 Å². The first-order chi connectivity index (χ1) is 14.5. The minimum absolute atomic E-state index is 0.0948. The van der Waals surface area contributed by atoms with Crippen molar-refractivity contribution in [3.8, 4) is 6.07 Å². The number of amides is 1. The van der Waals surface area contributed by atoms with E-state index in [1.54, 1.807) is 24.3 Å². The third kappa shape index (κ3) is 5.67. The van der Waals surface area contributed by atoms with Crippen LogP contribution in [0.2, 0.25) is 0 Å². The van der Waals surface area contributed by atoms with Gasteiger partial charge in [-0.3, -0.25) is 9.69 Å². The smallest absolute Gasteiger partial charge is 0.331 e. The predicted octanol–water partition coefficient (Wildman–Crippen LogP) is 3.59. The molecule has 1 amide bonds. The molecule has 0 aliphatic heterocycles. The maximum atomic E-state index is 13.4. The van der Waals surface area contributed by atoms with Gasteiger partial charge in [-0.15, -0.1) is 0 Å². The quantitative estimate of drug-likeness (QED) is 0.457. The number of benzene rings is 1. The minimum Gasteiger partial charge on any atom is -0.334 e. The van der Waals surface area contributed by atoms with Gasteiger partial charge < -0.3 is 9.74 Å². The summed E-state index contributed by atoms with van der Waals surface area (Å²) in [5.41, 5.74) is 1.59. The Morgan fingerprint density at radius 1 is 1.13 bits per heavy atom. The fraction of sp³-hybridized carbons (Fsp3) is 0.565. The van der Waals surface area contributed by atoms with E-state index in [0.717, 1.165) is 31.6 Å². The number of carbonyl (C=O) groups is 2. The van der Waals surface area contributed by atoms with Crippen molar-refractivity contribution in [1.29, 1.82) is 5.26 Å². The maximum absolute atomic E-state index is 13.4. The Morgan fingerprint density at radius 3 is 2.33 bits per heavy atom. The van der Waals surface area contributed by atoms with Gasteiger partial charge in [-0.2, -0.15) is 5.26 Å². The van der Waals surface area contributed by atoms with Crippen molar-refractivity contribution < 1.29 is 14.4 Å². The van der Waals surface area contributed by atoms with Gasteiger partial charge in [0.1, 0.15) is 0 Å². The average Bonchev–Trinajstić information content (AvgIpc) is 3.16. The first kappa shape index (κ1) is 23.6. The van der Waals surface area contributed by atoms with Gasteiger partial charge in [0.25, 0.3) is 5.91 Å². The molecule has 0 heterocycles. The van der Waals surface area contributed by atoms with Crippen LogP contribution in [-0.4, -0.2) is 59.1 Å². The molecule has 7 nitrogen and oxygen atoms in total. The van der Waals surface area contributed by atoms with Crippen LogP contribution in [-0.2, 0) is 9.63 Å². The summed E-state index contributed by atoms with van der Waals surface area (Å²) in [6, 6.07) is 9.04. The van der Waals surface area contributed by atoms with E-state index in [9.17, 15) is 14.9 Å². The highest BCUT2D eigenvalue weighted by Crippen LogP contribution is 2.29. The summed E-state index contributed by atoms with van der Waals surface area (Å²) in [6.07, 6.45) is 3.23. The molecule has 7 heteroatoms. The predicted molar refractivity (Wildman–Crippen MR) is 116 cm³/mol. The first-order valence-electron chi connectivity index (χ1n) is 10.7. The number of likely N-dealkylation sites (N-methyl/N-ethyl adjacent to an activating group) is 1. The van der Waals surface area contributed by atoms with Crippen LogP contribution in [0.5, 0.6) is 0 Å². The van der Waals surface area contributed by atoms with E-state index in [4.69, 9.17) is 4.84 Å². The molecule has 30 heavy (non-hydrogen) atoms. The van der Waals surface area contributed by atoms with Gasteiger partial charge in [0.2, 0.25) is 0 Å². The molecule has 162 valence electrons. The third-order valence-corrected chi connectivity index (χ3v) is 5.41. The van der Waals surface area contributed by atoms with Crippen molar-refractivity contribution in [3.63, 3.8) is 0 Å². The van der Waals surface area contributed by atoms with Crippen LogP contribution >= 0.6 is 0 Å². The Labute approximate surface area is 179 Å². The lowest BCUT2D eigenvalue weighted by molar-refractivity contribution is -0.140. The monoisotopic (exact) mass is 412 g/mol. The van der Waals surface area contributed by atoms with Gasteiger partial charge in [-0.25, -0.2) is 4.79 Å². The van der Waals surface area contributed by atoms with E-state index in [1.807, 2.05) is 11.8 Å². The second-order valence-corrected chi connectivity index (χ2v) is 7.57. The summed E-state index contributed by atoms with van der Waals surface area (Å²) in [6.45, 7) is 9.95. The highest BCUT2D eigenvalue weighted by atomic mass is 16.7. The molecule has 1 fully saturated rings. The first-order valence-corrected chi connectivity index (χ1v) is 10.7. The summed E-state index contributed by atoms with van der Waals surface area (Å²) in [7, 11) is 0. The van der Waals surface area contributed by atoms with E-state index in [1.165, 1.54) is 6.92 Å².